The van der Waals surface area contributed by atoms with E-state index in [-0.39, 0.29) is 59.1 Å². The van der Waals surface area contributed by atoms with E-state index in [9.17, 15) is 35.4 Å². The summed E-state index contributed by atoms with van der Waals surface area (Å²) in [5.74, 6) is -1.42. The molecule has 0 spiro atoms. The summed E-state index contributed by atoms with van der Waals surface area (Å²) >= 11 is 0. The van der Waals surface area contributed by atoms with E-state index in [2.05, 4.69) is 0 Å². The normalized spacial score (nSPS) is 32.5. The minimum atomic E-state index is -4.92. The standard InChI is InChI=1S/C20H28NO11.2Na.H2O4S/c21-6-5-9-1-3-10(4-2-9)29-20-15(26)17(14(25)13(8-22)30-20)32-19-12(24)7-11(23)16(31-19)18(27)28;;;1-5(2,3)4/h1-4,7,11-17,19-20,22-26H,5-6,8,21H2,(H,27,28);;;(H2,1,2,3,4)/q-1;2*+1;/p-2/t11-,12?,13?,14-,15?,16?,17-,19-,20+;;;/m0.../s1. The van der Waals surface area contributed by atoms with Crippen molar-refractivity contribution in [1.82, 2.24) is 0 Å². The van der Waals surface area contributed by atoms with Crippen molar-refractivity contribution in [3.63, 3.8) is 0 Å². The molecule has 0 bridgehead atoms. The fourth-order valence-corrected chi connectivity index (χ4v) is 3.51. The van der Waals surface area contributed by atoms with Crippen molar-refractivity contribution >= 4 is 16.4 Å². The molecular formula is C20H28NNa2O15S-. The molecule has 39 heavy (non-hydrogen) atoms. The number of hydrogen-bond acceptors (Lipinski definition) is 15. The summed E-state index contributed by atoms with van der Waals surface area (Å²) < 4.78 is 54.4. The topological polar surface area (TPSA) is 282 Å². The quantitative estimate of drug-likeness (QED) is 0.0631. The number of carbonyl (C=O) groups is 1. The molecule has 1 aromatic rings. The molecule has 2 fully saturated rings. The van der Waals surface area contributed by atoms with Crippen molar-refractivity contribution in [2.45, 2.75) is 61.7 Å². The van der Waals surface area contributed by atoms with Crippen LogP contribution in [0.3, 0.4) is 0 Å². The molecule has 0 radical (unpaired) electrons. The van der Waals surface area contributed by atoms with Crippen LogP contribution in [0.4, 0.5) is 0 Å². The van der Waals surface area contributed by atoms with Gasteiger partial charge in [0.15, 0.2) is 6.29 Å². The van der Waals surface area contributed by atoms with Gasteiger partial charge in [-0.1, -0.05) is 12.1 Å². The molecular weight excluding hydrogens is 572 g/mol. The molecule has 4 unspecified atom stereocenters. The van der Waals surface area contributed by atoms with Gasteiger partial charge in [-0.25, -0.2) is 8.42 Å². The van der Waals surface area contributed by atoms with Crippen LogP contribution in [0.1, 0.15) is 5.56 Å². The van der Waals surface area contributed by atoms with Crippen LogP contribution in [-0.4, -0.2) is 117 Å². The molecule has 212 valence electrons. The number of carboxylic acids is 1. The second-order valence-corrected chi connectivity index (χ2v) is 8.81. The molecule has 2 saturated heterocycles. The molecule has 19 heteroatoms. The van der Waals surface area contributed by atoms with Gasteiger partial charge in [0.05, 0.1) is 18.7 Å². The van der Waals surface area contributed by atoms with Crippen molar-refractivity contribution in [2.24, 2.45) is 5.73 Å². The average molecular weight is 600 g/mol. The molecule has 2 heterocycles. The van der Waals surface area contributed by atoms with Crippen molar-refractivity contribution < 1.29 is 131 Å². The first kappa shape index (κ1) is 39.0. The predicted molar refractivity (Wildman–Crippen MR) is 115 cm³/mol. The van der Waals surface area contributed by atoms with Gasteiger partial charge in [0.2, 0.25) is 16.7 Å². The Kier molecular flexibility index (Phi) is 17.8. The van der Waals surface area contributed by atoms with Crippen LogP contribution in [0.2, 0.25) is 0 Å². The first-order chi connectivity index (χ1) is 17.2. The van der Waals surface area contributed by atoms with E-state index < -0.39 is 78.3 Å². The molecule has 8 N–H and O–H groups in total. The number of aliphatic carboxylic acids is 1. The number of carboxylic acid groups (broad SMARTS) is 1. The van der Waals surface area contributed by atoms with Crippen molar-refractivity contribution in [1.29, 1.82) is 0 Å². The van der Waals surface area contributed by atoms with Gasteiger partial charge in [0.1, 0.15) is 30.2 Å². The van der Waals surface area contributed by atoms with Crippen LogP contribution >= 0.6 is 0 Å². The molecule has 0 aromatic heterocycles. The molecule has 0 amide bonds. The molecule has 0 aliphatic carbocycles. The fourth-order valence-electron chi connectivity index (χ4n) is 3.51. The Hall–Kier alpha value is 0. The first-order valence-electron chi connectivity index (χ1n) is 10.7. The molecule has 2 aliphatic heterocycles. The molecule has 3 rings (SSSR count). The van der Waals surface area contributed by atoms with Gasteiger partial charge in [-0.3, -0.25) is 11.0 Å². The first-order valence-corrected chi connectivity index (χ1v) is 12.1. The van der Waals surface area contributed by atoms with Crippen LogP contribution in [0.15, 0.2) is 24.3 Å². The van der Waals surface area contributed by atoms with Gasteiger partial charge in [-0.15, -0.1) is 0 Å². The zero-order valence-electron chi connectivity index (χ0n) is 21.0. The van der Waals surface area contributed by atoms with Gasteiger partial charge >= 0.3 is 59.1 Å². The van der Waals surface area contributed by atoms with E-state index in [1.807, 2.05) is 0 Å². The van der Waals surface area contributed by atoms with E-state index in [0.29, 0.717) is 18.7 Å². The van der Waals surface area contributed by atoms with Gasteiger partial charge in [-0.2, -0.15) is 0 Å². The predicted octanol–water partition coefficient (Wildman–Crippen LogP) is -11.2. The molecule has 1 aromatic carbocycles. The van der Waals surface area contributed by atoms with Gasteiger partial charge < -0.3 is 64.7 Å². The molecule has 0 saturated carbocycles. The molecule has 2 aliphatic rings. The Morgan fingerprint density at radius 2 is 1.59 bits per heavy atom. The van der Waals surface area contributed by atoms with Gasteiger partial charge in [0.25, 0.3) is 0 Å². The summed E-state index contributed by atoms with van der Waals surface area (Å²) in [7, 11) is -4.92. The second kappa shape index (κ2) is 17.8. The largest absolute Gasteiger partial charge is 1.00 e. The SMILES string of the molecule is NCCc1ccc(O[C@@H]2OC(CO)[C@H](O)[C@H](O[C@@H]3OC(C(=O)[O-])[C@@H](O)[CH-]C3O)C2O)cc1.O=S(=O)([O-])O.[Na+].[Na+]. The number of ether oxygens (including phenoxy) is 4. The minimum Gasteiger partial charge on any atom is -0.726 e. The summed E-state index contributed by atoms with van der Waals surface area (Å²) in [6, 6.07) is 6.81. The average Bonchev–Trinajstić information content (AvgIpc) is 2.79. The van der Waals surface area contributed by atoms with E-state index in [4.69, 9.17) is 42.2 Å². The Morgan fingerprint density at radius 3 is 2.08 bits per heavy atom. The van der Waals surface area contributed by atoms with Crippen LogP contribution in [0.5, 0.6) is 5.75 Å². The van der Waals surface area contributed by atoms with Crippen molar-refractivity contribution in [3.8, 4) is 5.75 Å². The Labute approximate surface area is 268 Å². The Morgan fingerprint density at radius 1 is 1.03 bits per heavy atom. The molecule has 9 atom stereocenters. The number of rotatable bonds is 8. The minimum absolute atomic E-state index is 0. The number of carbonyl (C=O) groups excluding carboxylic acids is 1. The Bertz CT molecular complexity index is 964. The number of aliphatic hydroxyl groups is 5. The zero-order valence-corrected chi connectivity index (χ0v) is 25.9. The third-order valence-electron chi connectivity index (χ3n) is 5.22. The fraction of sp³-hybridized carbons (Fsp3) is 0.600. The summed E-state index contributed by atoms with van der Waals surface area (Å²) in [5, 5.41) is 61.6. The van der Waals surface area contributed by atoms with Crippen LogP contribution < -0.4 is 74.7 Å². The van der Waals surface area contributed by atoms with E-state index >= 15 is 0 Å². The third kappa shape index (κ3) is 12.4. The number of benzene rings is 1. The van der Waals surface area contributed by atoms with E-state index in [1.165, 1.54) is 0 Å². The summed E-state index contributed by atoms with van der Waals surface area (Å²) in [6.07, 6.45) is -12.5. The van der Waals surface area contributed by atoms with Crippen molar-refractivity contribution in [3.05, 3.63) is 36.2 Å². The summed E-state index contributed by atoms with van der Waals surface area (Å²) in [6.45, 7) is -0.175. The maximum absolute atomic E-state index is 11.1. The zero-order chi connectivity index (χ0) is 27.9. The van der Waals surface area contributed by atoms with E-state index in [0.717, 1.165) is 12.0 Å². The number of hydrogen-bond donors (Lipinski definition) is 7. The smallest absolute Gasteiger partial charge is 0.726 e. The van der Waals surface area contributed by atoms with Crippen molar-refractivity contribution in [2.75, 3.05) is 13.2 Å². The summed E-state index contributed by atoms with van der Waals surface area (Å²) in [4.78, 5) is 11.1. The molecule has 16 nitrogen and oxygen atoms in total. The number of aliphatic hydroxyl groups excluding tert-OH is 5. The second-order valence-electron chi connectivity index (χ2n) is 7.95. The van der Waals surface area contributed by atoms with Crippen LogP contribution in [0, 0.1) is 6.42 Å². The van der Waals surface area contributed by atoms with Crippen LogP contribution in [-0.2, 0) is 35.8 Å². The maximum atomic E-state index is 11.1. The van der Waals surface area contributed by atoms with Crippen LogP contribution in [0.25, 0.3) is 0 Å². The summed E-state index contributed by atoms with van der Waals surface area (Å²) in [5.41, 5.74) is 6.49. The third-order valence-corrected chi connectivity index (χ3v) is 5.22. The Balaban J connectivity index is 0.00000189. The maximum Gasteiger partial charge on any atom is 1.00 e. The van der Waals surface area contributed by atoms with Gasteiger partial charge in [-0.05, 0) is 42.9 Å². The van der Waals surface area contributed by atoms with E-state index in [1.54, 1.807) is 24.3 Å². The van der Waals surface area contributed by atoms with Gasteiger partial charge in [0, 0.05) is 0 Å². The number of nitrogens with two attached hydrogens (primary N) is 1. The monoisotopic (exact) mass is 600 g/mol.